The van der Waals surface area contributed by atoms with E-state index in [2.05, 4.69) is 30.3 Å². The normalized spacial score (nSPS) is 15.2. The van der Waals surface area contributed by atoms with Crippen LogP contribution in [0.2, 0.25) is 0 Å². The Hall–Kier alpha value is -3.46. The quantitative estimate of drug-likeness (QED) is 0.551. The van der Waals surface area contributed by atoms with Gasteiger partial charge in [0.05, 0.1) is 18.1 Å². The van der Waals surface area contributed by atoms with Crippen LogP contribution in [0.1, 0.15) is 12.8 Å². The smallest absolute Gasteiger partial charge is 0.180 e. The van der Waals surface area contributed by atoms with Gasteiger partial charge in [-0.2, -0.15) is 5.10 Å². The fourth-order valence-corrected chi connectivity index (χ4v) is 3.71. The Morgan fingerprint density at radius 3 is 2.76 bits per heavy atom. The molecule has 148 valence electrons. The summed E-state index contributed by atoms with van der Waals surface area (Å²) in [6, 6.07) is 4.28. The van der Waals surface area contributed by atoms with Crippen molar-refractivity contribution in [3.8, 4) is 11.3 Å². The van der Waals surface area contributed by atoms with Gasteiger partial charge in [0.15, 0.2) is 11.5 Å². The summed E-state index contributed by atoms with van der Waals surface area (Å²) in [5.41, 5.74) is 9.69. The number of imidazole rings is 1. The summed E-state index contributed by atoms with van der Waals surface area (Å²) in [6.07, 6.45) is 13.1. The van der Waals surface area contributed by atoms with Crippen molar-refractivity contribution in [2.24, 2.45) is 12.8 Å². The van der Waals surface area contributed by atoms with Gasteiger partial charge in [-0.05, 0) is 18.9 Å². The van der Waals surface area contributed by atoms with Crippen LogP contribution in [0.5, 0.6) is 0 Å². The lowest BCUT2D eigenvalue weighted by Crippen LogP contribution is -2.40. The van der Waals surface area contributed by atoms with E-state index < -0.39 is 0 Å². The van der Waals surface area contributed by atoms with Gasteiger partial charge in [-0.3, -0.25) is 9.08 Å². The third-order valence-corrected chi connectivity index (χ3v) is 5.30. The van der Waals surface area contributed by atoms with E-state index >= 15 is 0 Å². The van der Waals surface area contributed by atoms with E-state index in [1.54, 1.807) is 10.9 Å². The van der Waals surface area contributed by atoms with Crippen molar-refractivity contribution in [3.05, 3.63) is 49.3 Å². The largest absolute Gasteiger partial charge is 0.356 e. The van der Waals surface area contributed by atoms with Gasteiger partial charge in [0, 0.05) is 68.3 Å². The molecule has 0 amide bonds. The van der Waals surface area contributed by atoms with Crippen molar-refractivity contribution in [1.82, 2.24) is 29.1 Å². The molecular weight excluding hydrogens is 366 g/mol. The minimum absolute atomic E-state index is 0.295. The molecule has 0 atom stereocenters. The van der Waals surface area contributed by atoms with Crippen LogP contribution in [0.25, 0.3) is 16.9 Å². The van der Waals surface area contributed by atoms with Crippen LogP contribution >= 0.6 is 0 Å². The van der Waals surface area contributed by atoms with Crippen LogP contribution in [0, 0.1) is 0 Å². The highest BCUT2D eigenvalue weighted by molar-refractivity contribution is 5.74. The van der Waals surface area contributed by atoms with Gasteiger partial charge in [0.2, 0.25) is 0 Å². The Balaban J connectivity index is 1.44. The van der Waals surface area contributed by atoms with E-state index in [1.807, 2.05) is 54.6 Å². The first-order valence-electron chi connectivity index (χ1n) is 9.72. The van der Waals surface area contributed by atoms with Gasteiger partial charge in [-0.25, -0.2) is 15.0 Å². The molecule has 5 rings (SSSR count). The van der Waals surface area contributed by atoms with Crippen LogP contribution in [-0.2, 0) is 7.05 Å². The molecule has 9 nitrogen and oxygen atoms in total. The number of pyridine rings is 1. The number of aryl methyl sites for hydroxylation is 1. The van der Waals surface area contributed by atoms with E-state index in [0.29, 0.717) is 11.9 Å². The summed E-state index contributed by atoms with van der Waals surface area (Å²) in [6.45, 7) is 1.86. The molecule has 0 unspecified atom stereocenters. The maximum atomic E-state index is 6.02. The predicted molar refractivity (Wildman–Crippen MR) is 112 cm³/mol. The second-order valence-corrected chi connectivity index (χ2v) is 7.37. The molecular formula is C20H23N9. The van der Waals surface area contributed by atoms with Gasteiger partial charge < -0.3 is 16.0 Å². The molecule has 0 spiro atoms. The van der Waals surface area contributed by atoms with E-state index in [9.17, 15) is 0 Å². The van der Waals surface area contributed by atoms with Crippen LogP contribution in [0.15, 0.2) is 49.3 Å². The molecule has 1 fully saturated rings. The van der Waals surface area contributed by atoms with E-state index in [-0.39, 0.29) is 0 Å². The second kappa shape index (κ2) is 7.17. The molecule has 29 heavy (non-hydrogen) atoms. The number of nitrogens with zero attached hydrogens (tertiary/aromatic N) is 7. The third-order valence-electron chi connectivity index (χ3n) is 5.30. The number of hydrogen-bond donors (Lipinski definition) is 2. The Bertz CT molecular complexity index is 1140. The minimum atomic E-state index is 0.295. The van der Waals surface area contributed by atoms with Crippen molar-refractivity contribution >= 4 is 23.0 Å². The van der Waals surface area contributed by atoms with E-state index in [0.717, 1.165) is 54.3 Å². The number of rotatable bonds is 4. The topological polar surface area (TPSA) is 102 Å². The Morgan fingerprint density at radius 1 is 1.10 bits per heavy atom. The van der Waals surface area contributed by atoms with Crippen LogP contribution < -0.4 is 16.0 Å². The number of piperidine rings is 1. The first-order valence-corrected chi connectivity index (χ1v) is 9.72. The number of nitrogens with two attached hydrogens (primary N) is 1. The first kappa shape index (κ1) is 17.6. The molecule has 5 heterocycles. The van der Waals surface area contributed by atoms with Crippen molar-refractivity contribution in [2.75, 3.05) is 23.3 Å². The molecule has 4 aromatic heterocycles. The number of nitrogens with one attached hydrogen (secondary N) is 1. The standard InChI is InChI=1S/C20H23N9/c1-27-13-14(11-25-27)17-12-24-20-19(23-6-9-29(17)20)26-16-2-5-22-18(10-16)28-7-3-15(21)4-8-28/h2,5-6,9-13,15H,3-4,7-8,21H2,1H3,(H,22,23,26). The fourth-order valence-electron chi connectivity index (χ4n) is 3.71. The van der Waals surface area contributed by atoms with Crippen LogP contribution in [-0.4, -0.2) is 48.3 Å². The Labute approximate surface area is 168 Å². The molecule has 0 aliphatic carbocycles. The summed E-state index contributed by atoms with van der Waals surface area (Å²) in [4.78, 5) is 15.9. The summed E-state index contributed by atoms with van der Waals surface area (Å²) < 4.78 is 3.79. The molecule has 0 aromatic carbocycles. The van der Waals surface area contributed by atoms with Gasteiger partial charge in [-0.15, -0.1) is 0 Å². The molecule has 1 saturated heterocycles. The molecule has 1 aliphatic heterocycles. The predicted octanol–water partition coefficient (Wildman–Crippen LogP) is 2.20. The SMILES string of the molecule is Cn1cc(-c2cnc3c(Nc4ccnc(N5CCC(N)CC5)c4)nccn23)cn1. The van der Waals surface area contributed by atoms with Crippen molar-refractivity contribution in [1.29, 1.82) is 0 Å². The highest BCUT2D eigenvalue weighted by Crippen LogP contribution is 2.26. The lowest BCUT2D eigenvalue weighted by Gasteiger charge is -2.31. The Kier molecular flexibility index (Phi) is 4.36. The summed E-state index contributed by atoms with van der Waals surface area (Å²) in [5, 5.41) is 7.65. The summed E-state index contributed by atoms with van der Waals surface area (Å²) in [7, 11) is 1.90. The zero-order valence-electron chi connectivity index (χ0n) is 16.2. The minimum Gasteiger partial charge on any atom is -0.356 e. The highest BCUT2D eigenvalue weighted by Gasteiger charge is 2.18. The maximum Gasteiger partial charge on any atom is 0.180 e. The van der Waals surface area contributed by atoms with Gasteiger partial charge in [0.25, 0.3) is 0 Å². The van der Waals surface area contributed by atoms with Crippen molar-refractivity contribution < 1.29 is 0 Å². The van der Waals surface area contributed by atoms with Crippen LogP contribution in [0.3, 0.4) is 0 Å². The zero-order valence-corrected chi connectivity index (χ0v) is 16.2. The third kappa shape index (κ3) is 3.40. The average molecular weight is 389 g/mol. The molecule has 1 aliphatic rings. The van der Waals surface area contributed by atoms with E-state index in [1.165, 1.54) is 0 Å². The first-order chi connectivity index (χ1) is 14.2. The highest BCUT2D eigenvalue weighted by atomic mass is 15.2. The zero-order chi connectivity index (χ0) is 19.8. The Morgan fingerprint density at radius 2 is 1.97 bits per heavy atom. The lowest BCUT2D eigenvalue weighted by molar-refractivity contribution is 0.499. The lowest BCUT2D eigenvalue weighted by atomic mass is 10.1. The van der Waals surface area contributed by atoms with E-state index in [4.69, 9.17) is 5.73 Å². The van der Waals surface area contributed by atoms with Crippen molar-refractivity contribution in [2.45, 2.75) is 18.9 Å². The van der Waals surface area contributed by atoms with Crippen LogP contribution in [0.4, 0.5) is 17.3 Å². The summed E-state index contributed by atoms with van der Waals surface area (Å²) in [5.74, 6) is 1.65. The number of fused-ring (bicyclic) bond motifs is 1. The summed E-state index contributed by atoms with van der Waals surface area (Å²) >= 11 is 0. The molecule has 0 radical (unpaired) electrons. The number of hydrogen-bond acceptors (Lipinski definition) is 7. The second-order valence-electron chi connectivity index (χ2n) is 7.37. The van der Waals surface area contributed by atoms with Gasteiger partial charge in [-0.1, -0.05) is 0 Å². The molecule has 9 heteroatoms. The molecule has 0 saturated carbocycles. The molecule has 0 bridgehead atoms. The maximum absolute atomic E-state index is 6.02. The van der Waals surface area contributed by atoms with Gasteiger partial charge in [0.1, 0.15) is 5.82 Å². The van der Waals surface area contributed by atoms with Gasteiger partial charge >= 0.3 is 0 Å². The average Bonchev–Trinajstić information content (AvgIpc) is 3.35. The number of anilines is 3. The molecule has 4 aromatic rings. The fraction of sp³-hybridized carbons (Fsp3) is 0.300. The molecule has 3 N–H and O–H groups in total. The monoisotopic (exact) mass is 389 g/mol. The van der Waals surface area contributed by atoms with Crippen molar-refractivity contribution in [3.63, 3.8) is 0 Å². The number of aromatic nitrogens is 6.